The summed E-state index contributed by atoms with van der Waals surface area (Å²) in [4.78, 5) is 0. The molecular weight excluding hydrogens is 759 g/mol. The van der Waals surface area contributed by atoms with Crippen LogP contribution in [-0.4, -0.2) is 28.4 Å². The first kappa shape index (κ1) is 33.4. The summed E-state index contributed by atoms with van der Waals surface area (Å²) in [5.74, 6) is 0.304. The minimum absolute atomic E-state index is 0. The largest absolute Gasteiger partial charge is 0.309 e. The van der Waals surface area contributed by atoms with E-state index in [1.54, 1.807) is 0 Å². The van der Waals surface area contributed by atoms with Gasteiger partial charge in [0.25, 0.3) is 0 Å². The molecule has 0 saturated carbocycles. The van der Waals surface area contributed by atoms with Crippen LogP contribution in [0.4, 0.5) is 5.69 Å². The number of rotatable bonds is 4. The monoisotopic (exact) mass is 800 g/mol. The summed E-state index contributed by atoms with van der Waals surface area (Å²) in [6, 6.07) is 40.0. The summed E-state index contributed by atoms with van der Waals surface area (Å²) in [7, 11) is 2.20. The average Bonchev–Trinajstić information content (AvgIpc) is 3.50. The second-order valence-corrected chi connectivity index (χ2v) is 15.0. The van der Waals surface area contributed by atoms with Crippen molar-refractivity contribution < 1.29 is 0 Å². The molecule has 4 nitrogen and oxygen atoms in total. The molecule has 0 spiro atoms. The molecule has 0 radical (unpaired) electrons. The lowest BCUT2D eigenvalue weighted by Gasteiger charge is -2.48. The van der Waals surface area contributed by atoms with Gasteiger partial charge in [0.15, 0.2) is 0 Å². The zero-order valence-electron chi connectivity index (χ0n) is 30.1. The molecule has 2 heterocycles. The van der Waals surface area contributed by atoms with Crippen LogP contribution in [0.15, 0.2) is 163 Å². The zero-order chi connectivity index (χ0) is 35.1. The summed E-state index contributed by atoms with van der Waals surface area (Å²) in [6.07, 6.45) is 18.2. The molecule has 4 aliphatic rings. The number of hydrogen-bond donors (Lipinski definition) is 1. The standard InChI is InChI=1S/C48H40N4.HI/c1-48(2)41-30-44-40(36-22-13-15-25-43(36)51(44)33-19-8-5-9-20-33)29-39(41)37-27-26-35-32-18-10-11-21-34(28-32)52(47(35)45(37)48)50(3)46(31-16-6-4-7-17-31)38-23-12-14-24-42(38)49;/h4-27,29-30,32,34,49H,28H2,1-3H3;1H/b46-38-,49-42?;. The second kappa shape index (κ2) is 12.6. The number of nitrogens with zero attached hydrogens (tertiary/aromatic N) is 3. The number of fused-ring (bicyclic) bond motifs is 11. The predicted octanol–water partition coefficient (Wildman–Crippen LogP) is 11.9. The lowest BCUT2D eigenvalue weighted by molar-refractivity contribution is 0.368. The topological polar surface area (TPSA) is 35.3 Å². The molecule has 1 aromatic heterocycles. The van der Waals surface area contributed by atoms with E-state index in [0.29, 0.717) is 11.6 Å². The van der Waals surface area contributed by atoms with Gasteiger partial charge in [0.05, 0.1) is 34.2 Å². The number of benzene rings is 5. The van der Waals surface area contributed by atoms with Gasteiger partial charge in [0.1, 0.15) is 0 Å². The van der Waals surface area contributed by atoms with E-state index in [-0.39, 0.29) is 35.4 Å². The normalized spacial score (nSPS) is 19.8. The first-order valence-electron chi connectivity index (χ1n) is 18.3. The summed E-state index contributed by atoms with van der Waals surface area (Å²) in [5, 5.41) is 16.5. The molecule has 6 aromatic rings. The molecule has 0 saturated heterocycles. The van der Waals surface area contributed by atoms with Gasteiger partial charge in [-0.05, 0) is 70.6 Å². The maximum absolute atomic E-state index is 9.05. The second-order valence-electron chi connectivity index (χ2n) is 15.0. The van der Waals surface area contributed by atoms with Crippen LogP contribution >= 0.6 is 24.0 Å². The van der Waals surface area contributed by atoms with Gasteiger partial charge in [0, 0.05) is 46.0 Å². The Morgan fingerprint density at radius 2 is 1.45 bits per heavy atom. The molecule has 5 aromatic carbocycles. The molecule has 0 amide bonds. The SMILES string of the molecule is CN(/C(=C1/C=CC=CC1=N)c1ccccc1)N1c2c(ccc3c2C(C)(C)c2cc4c(cc2-3)c2ccccc2n4-c2ccccc2)C2C=CC=CC1C2.I. The van der Waals surface area contributed by atoms with Gasteiger partial charge in [-0.3, -0.25) is 10.0 Å². The Hall–Kier alpha value is -5.40. The molecule has 2 bridgehead atoms. The summed E-state index contributed by atoms with van der Waals surface area (Å²) in [6.45, 7) is 4.84. The summed E-state index contributed by atoms with van der Waals surface area (Å²) in [5.41, 5.74) is 14.9. The van der Waals surface area contributed by atoms with Crippen LogP contribution in [0, 0.1) is 5.41 Å². The third kappa shape index (κ3) is 4.97. The van der Waals surface area contributed by atoms with Crippen molar-refractivity contribution in [2.75, 3.05) is 12.1 Å². The minimum atomic E-state index is -0.282. The van der Waals surface area contributed by atoms with E-state index in [0.717, 1.165) is 23.3 Å². The number of hydrazine groups is 1. The average molecular weight is 801 g/mol. The highest BCUT2D eigenvalue weighted by Gasteiger charge is 2.45. The van der Waals surface area contributed by atoms with Gasteiger partial charge in [0.2, 0.25) is 0 Å². The summed E-state index contributed by atoms with van der Waals surface area (Å²) >= 11 is 0. The molecule has 2 atom stereocenters. The third-order valence-corrected chi connectivity index (χ3v) is 11.7. The van der Waals surface area contributed by atoms with Crippen LogP contribution in [0.25, 0.3) is 44.3 Å². The molecule has 3 aliphatic carbocycles. The van der Waals surface area contributed by atoms with Crippen molar-refractivity contribution in [3.8, 4) is 16.8 Å². The molecule has 1 N–H and O–H groups in total. The Morgan fingerprint density at radius 3 is 2.25 bits per heavy atom. The number of nitrogens with one attached hydrogen (secondary N) is 1. The fourth-order valence-electron chi connectivity index (χ4n) is 9.42. The van der Waals surface area contributed by atoms with Crippen molar-refractivity contribution >= 4 is 62.9 Å². The minimum Gasteiger partial charge on any atom is -0.309 e. The molecule has 0 fully saturated rings. The highest BCUT2D eigenvalue weighted by Crippen LogP contribution is 2.58. The Labute approximate surface area is 328 Å². The lowest BCUT2D eigenvalue weighted by Crippen LogP contribution is -2.50. The van der Waals surface area contributed by atoms with E-state index < -0.39 is 0 Å². The Bertz CT molecular complexity index is 2620. The number of halogens is 1. The van der Waals surface area contributed by atoms with Crippen molar-refractivity contribution in [3.05, 3.63) is 186 Å². The van der Waals surface area contributed by atoms with Crippen LogP contribution in [0.5, 0.6) is 0 Å². The first-order chi connectivity index (χ1) is 25.4. The quantitative estimate of drug-likeness (QED) is 0.180. The number of para-hydroxylation sites is 2. The predicted molar refractivity (Wildman–Crippen MR) is 233 cm³/mol. The molecule has 5 heteroatoms. The van der Waals surface area contributed by atoms with E-state index in [2.05, 4.69) is 175 Å². The first-order valence-corrected chi connectivity index (χ1v) is 18.3. The van der Waals surface area contributed by atoms with E-state index in [1.165, 1.54) is 61.0 Å². The number of allylic oxidation sites excluding steroid dienone is 8. The van der Waals surface area contributed by atoms with Crippen molar-refractivity contribution in [3.63, 3.8) is 0 Å². The molecular formula is C48H41IN4. The van der Waals surface area contributed by atoms with Crippen molar-refractivity contribution in [1.29, 1.82) is 5.41 Å². The maximum atomic E-state index is 9.05. The van der Waals surface area contributed by atoms with Gasteiger partial charge in [-0.25, -0.2) is 0 Å². The van der Waals surface area contributed by atoms with Gasteiger partial charge in [-0.15, -0.1) is 24.0 Å². The van der Waals surface area contributed by atoms with Gasteiger partial charge < -0.3 is 9.98 Å². The Kier molecular flexibility index (Phi) is 7.97. The summed E-state index contributed by atoms with van der Waals surface area (Å²) < 4.78 is 2.43. The fraction of sp³-hybridized carbons (Fsp3) is 0.146. The third-order valence-electron chi connectivity index (χ3n) is 11.7. The molecule has 1 aliphatic heterocycles. The highest BCUT2D eigenvalue weighted by molar-refractivity contribution is 14.0. The maximum Gasteiger partial charge on any atom is 0.0737 e. The molecule has 2 unspecified atom stereocenters. The number of aromatic nitrogens is 1. The van der Waals surface area contributed by atoms with Crippen LogP contribution < -0.4 is 5.01 Å². The fourth-order valence-corrected chi connectivity index (χ4v) is 9.42. The van der Waals surface area contributed by atoms with Crippen LogP contribution in [-0.2, 0) is 5.41 Å². The van der Waals surface area contributed by atoms with Crippen molar-refractivity contribution in [1.82, 2.24) is 9.58 Å². The Morgan fingerprint density at radius 1 is 0.736 bits per heavy atom. The molecule has 53 heavy (non-hydrogen) atoms. The van der Waals surface area contributed by atoms with Crippen molar-refractivity contribution in [2.45, 2.75) is 37.6 Å². The molecule has 260 valence electrons. The van der Waals surface area contributed by atoms with Crippen LogP contribution in [0.1, 0.15) is 48.4 Å². The lowest BCUT2D eigenvalue weighted by atomic mass is 9.77. The Balaban J connectivity index is 0.00000372. The van der Waals surface area contributed by atoms with Gasteiger partial charge in [-0.2, -0.15) is 0 Å². The van der Waals surface area contributed by atoms with Crippen LogP contribution in [0.2, 0.25) is 0 Å². The highest BCUT2D eigenvalue weighted by atomic mass is 127. The van der Waals surface area contributed by atoms with Gasteiger partial charge in [-0.1, -0.05) is 135 Å². The van der Waals surface area contributed by atoms with E-state index in [4.69, 9.17) is 5.41 Å². The van der Waals surface area contributed by atoms with E-state index in [9.17, 15) is 0 Å². The smallest absolute Gasteiger partial charge is 0.0737 e. The zero-order valence-corrected chi connectivity index (χ0v) is 32.5. The van der Waals surface area contributed by atoms with Crippen LogP contribution in [0.3, 0.4) is 0 Å². The molecule has 10 rings (SSSR count). The number of hydrogen-bond acceptors (Lipinski definition) is 3. The van der Waals surface area contributed by atoms with Gasteiger partial charge >= 0.3 is 0 Å². The van der Waals surface area contributed by atoms with Crippen molar-refractivity contribution in [2.24, 2.45) is 0 Å². The van der Waals surface area contributed by atoms with E-state index in [1.807, 2.05) is 18.2 Å². The number of anilines is 1. The van der Waals surface area contributed by atoms with E-state index >= 15 is 0 Å².